The van der Waals surface area contributed by atoms with E-state index in [0.29, 0.717) is 4.31 Å². The van der Waals surface area contributed by atoms with Gasteiger partial charge in [-0.3, -0.25) is 0 Å². The molecular weight excluding hydrogens is 209 g/mol. The number of halogens is 3. The Hall–Kier alpha value is -0.340. The van der Waals surface area contributed by atoms with E-state index in [1.807, 2.05) is 4.72 Å². The lowest BCUT2D eigenvalue weighted by Crippen LogP contribution is -2.43. The van der Waals surface area contributed by atoms with Crippen LogP contribution in [0, 0.1) is 0 Å². The fourth-order valence-electron chi connectivity index (χ4n) is 0.696. The maximum atomic E-state index is 11.8. The minimum Gasteiger partial charge on any atom is -0.205 e. The molecule has 4 nitrogen and oxygen atoms in total. The Kier molecular flexibility index (Phi) is 4.14. The minimum absolute atomic E-state index is 0.220. The number of alkyl halides is 3. The summed E-state index contributed by atoms with van der Waals surface area (Å²) in [6.45, 7) is -0.351. The van der Waals surface area contributed by atoms with Crippen LogP contribution in [0.3, 0.4) is 0 Å². The Morgan fingerprint density at radius 3 is 2.08 bits per heavy atom. The Morgan fingerprint density at radius 2 is 1.85 bits per heavy atom. The molecule has 0 aromatic carbocycles. The van der Waals surface area contributed by atoms with Crippen LogP contribution in [-0.2, 0) is 10.2 Å². The summed E-state index contributed by atoms with van der Waals surface area (Å²) in [6.07, 6.45) is -4.51. The van der Waals surface area contributed by atoms with Gasteiger partial charge in [-0.15, -0.1) is 0 Å². The summed E-state index contributed by atoms with van der Waals surface area (Å²) in [7, 11) is -2.92. The van der Waals surface area contributed by atoms with Gasteiger partial charge in [0.2, 0.25) is 0 Å². The van der Waals surface area contributed by atoms with E-state index in [1.165, 1.54) is 6.92 Å². The zero-order valence-corrected chi connectivity index (χ0v) is 8.04. The molecule has 0 aliphatic carbocycles. The highest BCUT2D eigenvalue weighted by atomic mass is 32.2. The van der Waals surface area contributed by atoms with Crippen LogP contribution in [0.4, 0.5) is 13.2 Å². The molecule has 0 bridgehead atoms. The second-order valence-electron chi connectivity index (χ2n) is 2.25. The Labute approximate surface area is 74.9 Å². The molecule has 0 atom stereocenters. The summed E-state index contributed by atoms with van der Waals surface area (Å²) in [5.41, 5.74) is 0. The third kappa shape index (κ3) is 4.44. The van der Waals surface area contributed by atoms with Crippen molar-refractivity contribution >= 4 is 10.2 Å². The molecule has 0 amide bonds. The molecule has 0 spiro atoms. The van der Waals surface area contributed by atoms with Crippen molar-refractivity contribution in [3.63, 3.8) is 0 Å². The average molecular weight is 220 g/mol. The van der Waals surface area contributed by atoms with Crippen LogP contribution < -0.4 is 4.72 Å². The van der Waals surface area contributed by atoms with Crippen LogP contribution in [0.15, 0.2) is 0 Å². The molecule has 0 radical (unpaired) electrons. The molecular formula is C5H11F3N2O2S. The quantitative estimate of drug-likeness (QED) is 0.742. The predicted molar refractivity (Wildman–Crippen MR) is 41.3 cm³/mol. The van der Waals surface area contributed by atoms with E-state index >= 15 is 0 Å². The highest BCUT2D eigenvalue weighted by molar-refractivity contribution is 7.87. The monoisotopic (exact) mass is 220 g/mol. The van der Waals surface area contributed by atoms with Crippen molar-refractivity contribution in [2.45, 2.75) is 13.1 Å². The van der Waals surface area contributed by atoms with E-state index in [0.717, 1.165) is 7.05 Å². The maximum Gasteiger partial charge on any atom is 0.402 e. The Balaban J connectivity index is 4.55. The van der Waals surface area contributed by atoms with Gasteiger partial charge in [-0.05, 0) is 0 Å². The van der Waals surface area contributed by atoms with Crippen molar-refractivity contribution in [3.05, 3.63) is 0 Å². The molecule has 8 heteroatoms. The topological polar surface area (TPSA) is 49.4 Å². The van der Waals surface area contributed by atoms with Gasteiger partial charge in [0.1, 0.15) is 6.54 Å². The lowest BCUT2D eigenvalue weighted by molar-refractivity contribution is -0.135. The molecule has 0 unspecified atom stereocenters. The van der Waals surface area contributed by atoms with Crippen molar-refractivity contribution in [2.75, 3.05) is 20.1 Å². The molecule has 0 heterocycles. The summed E-state index contributed by atoms with van der Waals surface area (Å²) in [4.78, 5) is 0. The fraction of sp³-hybridized carbons (Fsp3) is 1.00. The van der Waals surface area contributed by atoms with E-state index in [4.69, 9.17) is 0 Å². The molecule has 1 N–H and O–H groups in total. The van der Waals surface area contributed by atoms with Crippen molar-refractivity contribution in [1.29, 1.82) is 0 Å². The summed E-state index contributed by atoms with van der Waals surface area (Å²) in [6, 6.07) is 0. The number of nitrogens with zero attached hydrogens (tertiary/aromatic N) is 1. The summed E-state index contributed by atoms with van der Waals surface area (Å²) >= 11 is 0. The Bertz CT molecular complexity index is 249. The lowest BCUT2D eigenvalue weighted by Gasteiger charge is -2.20. The summed E-state index contributed by atoms with van der Waals surface area (Å²) in [5.74, 6) is 0. The highest BCUT2D eigenvalue weighted by Crippen LogP contribution is 2.17. The van der Waals surface area contributed by atoms with Crippen molar-refractivity contribution in [2.24, 2.45) is 0 Å². The third-order valence-corrected chi connectivity index (χ3v) is 2.89. The summed E-state index contributed by atoms with van der Waals surface area (Å²) < 4.78 is 59.4. The van der Waals surface area contributed by atoms with Crippen LogP contribution in [0.5, 0.6) is 0 Å². The predicted octanol–water partition coefficient (Wildman–Crippen LogP) is 0.335. The highest BCUT2D eigenvalue weighted by Gasteiger charge is 2.34. The Morgan fingerprint density at radius 1 is 1.38 bits per heavy atom. The van der Waals surface area contributed by atoms with Gasteiger partial charge in [-0.1, -0.05) is 6.92 Å². The molecule has 0 saturated heterocycles. The zero-order valence-electron chi connectivity index (χ0n) is 7.22. The van der Waals surface area contributed by atoms with Gasteiger partial charge in [0.25, 0.3) is 10.2 Å². The average Bonchev–Trinajstić information content (AvgIpc) is 1.98. The smallest absolute Gasteiger partial charge is 0.205 e. The van der Waals surface area contributed by atoms with Crippen molar-refractivity contribution in [3.8, 4) is 0 Å². The SMILES string of the molecule is CCN(CC(F)(F)F)S(=O)(=O)NC. The lowest BCUT2D eigenvalue weighted by atomic mass is 10.6. The van der Waals surface area contributed by atoms with Crippen LogP contribution in [-0.4, -0.2) is 39.0 Å². The van der Waals surface area contributed by atoms with E-state index in [2.05, 4.69) is 0 Å². The van der Waals surface area contributed by atoms with Gasteiger partial charge < -0.3 is 0 Å². The first kappa shape index (κ1) is 12.7. The van der Waals surface area contributed by atoms with Gasteiger partial charge >= 0.3 is 6.18 Å². The van der Waals surface area contributed by atoms with Crippen LogP contribution in [0.2, 0.25) is 0 Å². The molecule has 0 aromatic rings. The number of hydrogen-bond acceptors (Lipinski definition) is 2. The van der Waals surface area contributed by atoms with Gasteiger partial charge in [0.05, 0.1) is 0 Å². The minimum atomic E-state index is -4.51. The zero-order chi connectivity index (χ0) is 10.7. The van der Waals surface area contributed by atoms with Gasteiger partial charge in [0, 0.05) is 13.6 Å². The van der Waals surface area contributed by atoms with Gasteiger partial charge in [-0.2, -0.15) is 25.9 Å². The van der Waals surface area contributed by atoms with Crippen molar-refractivity contribution in [1.82, 2.24) is 9.03 Å². The molecule has 0 aliphatic heterocycles. The standard InChI is InChI=1S/C5H11F3N2O2S/c1-3-10(4-5(6,7)8)13(11,12)9-2/h9H,3-4H2,1-2H3. The largest absolute Gasteiger partial charge is 0.402 e. The van der Waals surface area contributed by atoms with Gasteiger partial charge in [-0.25, -0.2) is 4.72 Å². The number of hydrogen-bond donors (Lipinski definition) is 1. The fourth-order valence-corrected chi connectivity index (χ4v) is 1.61. The first-order chi connectivity index (χ1) is 5.73. The van der Waals surface area contributed by atoms with E-state index in [-0.39, 0.29) is 6.54 Å². The second-order valence-corrected chi connectivity index (χ2v) is 4.13. The van der Waals surface area contributed by atoms with E-state index in [1.54, 1.807) is 0 Å². The molecule has 13 heavy (non-hydrogen) atoms. The maximum absolute atomic E-state index is 11.8. The second kappa shape index (κ2) is 4.25. The first-order valence-corrected chi connectivity index (χ1v) is 4.92. The number of rotatable bonds is 4. The van der Waals surface area contributed by atoms with Crippen LogP contribution >= 0.6 is 0 Å². The van der Waals surface area contributed by atoms with Crippen molar-refractivity contribution < 1.29 is 21.6 Å². The normalized spacial score (nSPS) is 13.7. The van der Waals surface area contributed by atoms with Gasteiger partial charge in [0.15, 0.2) is 0 Å². The summed E-state index contributed by atoms with van der Waals surface area (Å²) in [5, 5.41) is 0. The third-order valence-electron chi connectivity index (χ3n) is 1.31. The number of nitrogens with one attached hydrogen (secondary N) is 1. The molecule has 0 rings (SSSR count). The molecule has 0 aromatic heterocycles. The van der Waals surface area contributed by atoms with E-state index in [9.17, 15) is 21.6 Å². The molecule has 80 valence electrons. The van der Waals surface area contributed by atoms with Crippen LogP contribution in [0.25, 0.3) is 0 Å². The van der Waals surface area contributed by atoms with Crippen LogP contribution in [0.1, 0.15) is 6.92 Å². The molecule has 0 fully saturated rings. The first-order valence-electron chi connectivity index (χ1n) is 3.48. The molecule has 0 aliphatic rings. The molecule has 0 saturated carbocycles. The van der Waals surface area contributed by atoms with E-state index < -0.39 is 22.9 Å².